The van der Waals surface area contributed by atoms with Crippen LogP contribution in [0.15, 0.2) is 30.3 Å². The van der Waals surface area contributed by atoms with Crippen molar-refractivity contribution in [2.75, 3.05) is 32.3 Å². The number of methoxy groups -OCH3 is 2. The molecule has 3 aromatic rings. The molecule has 6 nitrogen and oxygen atoms in total. The number of amides is 1. The van der Waals surface area contributed by atoms with E-state index in [0.29, 0.717) is 18.1 Å². The van der Waals surface area contributed by atoms with Crippen LogP contribution in [0.1, 0.15) is 16.8 Å². The summed E-state index contributed by atoms with van der Waals surface area (Å²) in [7, 11) is 2.90. The smallest absolute Gasteiger partial charge is 0.310 e. The van der Waals surface area contributed by atoms with Crippen molar-refractivity contribution >= 4 is 40.1 Å². The summed E-state index contributed by atoms with van der Waals surface area (Å²) in [6.45, 7) is 5.30. The Morgan fingerprint density at radius 3 is 2.45 bits per heavy atom. The molecule has 7 heteroatoms. The Hall–Kier alpha value is -2.83. The van der Waals surface area contributed by atoms with Gasteiger partial charge < -0.3 is 18.9 Å². The normalized spacial score (nSPS) is 13.0. The number of hydrogen-bond donors (Lipinski definition) is 0. The molecule has 0 radical (unpaired) electrons. The first-order valence-corrected chi connectivity index (χ1v) is 10.5. The lowest BCUT2D eigenvalue weighted by molar-refractivity contribution is -0.139. The number of ether oxygens (including phenoxy) is 2. The molecule has 31 heavy (non-hydrogen) atoms. The second kappa shape index (κ2) is 8.36. The standard InChI is InChI=1S/C24H25ClN2O4/c1-14-11-19-22(16-5-7-17(25)8-6-16)18(12-21(29)31-4)15(2)23-24(19)26(14)9-10-27(23)20(28)13-30-3/h5-8,11H,9-10,12-13H2,1-4H3. The molecule has 0 fully saturated rings. The van der Waals surface area contributed by atoms with Crippen LogP contribution < -0.4 is 4.90 Å². The van der Waals surface area contributed by atoms with Crippen LogP contribution in [-0.4, -0.2) is 43.8 Å². The van der Waals surface area contributed by atoms with Gasteiger partial charge in [-0.3, -0.25) is 9.59 Å². The van der Waals surface area contributed by atoms with Crippen LogP contribution in [0.25, 0.3) is 22.0 Å². The molecule has 1 aliphatic rings. The molecule has 0 spiro atoms. The van der Waals surface area contributed by atoms with Gasteiger partial charge in [0.1, 0.15) is 6.61 Å². The first-order valence-electron chi connectivity index (χ1n) is 10.1. The average molecular weight is 441 g/mol. The molecule has 1 amide bonds. The number of rotatable bonds is 5. The first-order chi connectivity index (χ1) is 14.9. The van der Waals surface area contributed by atoms with Crippen molar-refractivity contribution in [3.63, 3.8) is 0 Å². The van der Waals surface area contributed by atoms with E-state index in [2.05, 4.69) is 17.6 Å². The number of aryl methyl sites for hydroxylation is 1. The lowest BCUT2D eigenvalue weighted by Gasteiger charge is -2.33. The lowest BCUT2D eigenvalue weighted by atomic mass is 9.88. The third kappa shape index (κ3) is 3.60. The summed E-state index contributed by atoms with van der Waals surface area (Å²) in [5, 5.41) is 1.66. The summed E-state index contributed by atoms with van der Waals surface area (Å²) in [6.07, 6.45) is 0.111. The van der Waals surface area contributed by atoms with E-state index in [1.807, 2.05) is 31.2 Å². The minimum Gasteiger partial charge on any atom is -0.469 e. The number of anilines is 1. The molecule has 0 unspecified atom stereocenters. The number of aromatic nitrogens is 1. The van der Waals surface area contributed by atoms with E-state index in [-0.39, 0.29) is 24.9 Å². The molecule has 162 valence electrons. The molecule has 0 N–H and O–H groups in total. The number of benzene rings is 2. The van der Waals surface area contributed by atoms with Crippen LogP contribution >= 0.6 is 11.6 Å². The summed E-state index contributed by atoms with van der Waals surface area (Å²) in [5.41, 5.74) is 6.64. The first kappa shape index (κ1) is 21.4. The molecule has 0 atom stereocenters. The number of hydrogen-bond acceptors (Lipinski definition) is 4. The summed E-state index contributed by atoms with van der Waals surface area (Å²) in [4.78, 5) is 27.0. The zero-order valence-electron chi connectivity index (χ0n) is 18.1. The number of halogens is 1. The highest BCUT2D eigenvalue weighted by molar-refractivity contribution is 6.30. The van der Waals surface area contributed by atoms with Crippen molar-refractivity contribution in [1.82, 2.24) is 4.57 Å². The number of esters is 1. The molecule has 1 aliphatic heterocycles. The van der Waals surface area contributed by atoms with Gasteiger partial charge in [-0.15, -0.1) is 0 Å². The molecule has 2 aromatic carbocycles. The molecule has 0 bridgehead atoms. The monoisotopic (exact) mass is 440 g/mol. The molecule has 2 heterocycles. The molecule has 1 aromatic heterocycles. The van der Waals surface area contributed by atoms with Crippen molar-refractivity contribution in [2.24, 2.45) is 0 Å². The summed E-state index contributed by atoms with van der Waals surface area (Å²) >= 11 is 6.13. The Morgan fingerprint density at radius 1 is 1.10 bits per heavy atom. The van der Waals surface area contributed by atoms with Crippen molar-refractivity contribution in [2.45, 2.75) is 26.8 Å². The Balaban J connectivity index is 2.08. The SMILES string of the molecule is COCC(=O)N1CCn2c(C)cc3c(-c4ccc(Cl)cc4)c(CC(=O)OC)c(C)c1c32. The van der Waals surface area contributed by atoms with Gasteiger partial charge in [0, 0.05) is 36.3 Å². The van der Waals surface area contributed by atoms with Crippen LogP contribution in [0, 0.1) is 13.8 Å². The fraction of sp³-hybridized carbons (Fsp3) is 0.333. The van der Waals surface area contributed by atoms with E-state index in [0.717, 1.165) is 44.5 Å². The van der Waals surface area contributed by atoms with Gasteiger partial charge in [0.05, 0.1) is 24.7 Å². The van der Waals surface area contributed by atoms with Crippen molar-refractivity contribution in [3.8, 4) is 11.1 Å². The number of nitrogens with zero attached hydrogens (tertiary/aromatic N) is 2. The van der Waals surface area contributed by atoms with E-state index in [1.165, 1.54) is 14.2 Å². The Kier molecular flexibility index (Phi) is 5.77. The maximum absolute atomic E-state index is 12.9. The molecule has 0 aliphatic carbocycles. The van der Waals surface area contributed by atoms with E-state index >= 15 is 0 Å². The maximum atomic E-state index is 12.9. The van der Waals surface area contributed by atoms with Crippen LogP contribution in [-0.2, 0) is 32.0 Å². The van der Waals surface area contributed by atoms with Crippen LogP contribution in [0.3, 0.4) is 0 Å². The highest BCUT2D eigenvalue weighted by Crippen LogP contribution is 2.45. The third-order valence-corrected chi connectivity index (χ3v) is 6.23. The number of carbonyl (C=O) groups excluding carboxylic acids is 2. The van der Waals surface area contributed by atoms with Gasteiger partial charge in [0.25, 0.3) is 5.91 Å². The van der Waals surface area contributed by atoms with Crippen LogP contribution in [0.5, 0.6) is 0 Å². The van der Waals surface area contributed by atoms with E-state index in [9.17, 15) is 9.59 Å². The second-order valence-corrected chi connectivity index (χ2v) is 8.20. The van der Waals surface area contributed by atoms with Crippen LogP contribution in [0.2, 0.25) is 5.02 Å². The summed E-state index contributed by atoms with van der Waals surface area (Å²) in [5.74, 6) is -0.424. The van der Waals surface area contributed by atoms with Crippen molar-refractivity contribution < 1.29 is 19.1 Å². The molecular weight excluding hydrogens is 416 g/mol. The van der Waals surface area contributed by atoms with Crippen molar-refractivity contribution in [1.29, 1.82) is 0 Å². The molecular formula is C24H25ClN2O4. The van der Waals surface area contributed by atoms with E-state index in [1.54, 1.807) is 4.90 Å². The fourth-order valence-electron chi connectivity index (χ4n) is 4.56. The number of carbonyl (C=O) groups is 2. The Bertz CT molecular complexity index is 1180. The minimum absolute atomic E-state index is 0.00585. The van der Waals surface area contributed by atoms with E-state index < -0.39 is 0 Å². The maximum Gasteiger partial charge on any atom is 0.310 e. The third-order valence-electron chi connectivity index (χ3n) is 5.97. The quantitative estimate of drug-likeness (QED) is 0.555. The topological polar surface area (TPSA) is 60.8 Å². The van der Waals surface area contributed by atoms with E-state index in [4.69, 9.17) is 21.1 Å². The Labute approximate surface area is 186 Å². The largest absolute Gasteiger partial charge is 0.469 e. The van der Waals surface area contributed by atoms with Gasteiger partial charge in [-0.05, 0) is 54.3 Å². The zero-order chi connectivity index (χ0) is 22.3. The van der Waals surface area contributed by atoms with Gasteiger partial charge >= 0.3 is 5.97 Å². The molecule has 4 rings (SSSR count). The summed E-state index contributed by atoms with van der Waals surface area (Å²) in [6, 6.07) is 9.75. The second-order valence-electron chi connectivity index (χ2n) is 7.76. The van der Waals surface area contributed by atoms with Gasteiger partial charge in [-0.2, -0.15) is 0 Å². The van der Waals surface area contributed by atoms with Crippen molar-refractivity contribution in [3.05, 3.63) is 52.2 Å². The summed E-state index contributed by atoms with van der Waals surface area (Å²) < 4.78 is 12.4. The van der Waals surface area contributed by atoms with Gasteiger partial charge in [-0.1, -0.05) is 23.7 Å². The van der Waals surface area contributed by atoms with Gasteiger partial charge in [0.15, 0.2) is 0 Å². The Morgan fingerprint density at radius 2 is 1.81 bits per heavy atom. The average Bonchev–Trinajstić information content (AvgIpc) is 3.09. The van der Waals surface area contributed by atoms with Crippen LogP contribution in [0.4, 0.5) is 5.69 Å². The molecule has 0 saturated carbocycles. The lowest BCUT2D eigenvalue weighted by Crippen LogP contribution is -2.40. The fourth-order valence-corrected chi connectivity index (χ4v) is 4.68. The minimum atomic E-state index is -0.327. The van der Waals surface area contributed by atoms with Gasteiger partial charge in [-0.25, -0.2) is 0 Å². The zero-order valence-corrected chi connectivity index (χ0v) is 18.9. The molecule has 0 saturated heterocycles. The highest BCUT2D eigenvalue weighted by Gasteiger charge is 2.31. The van der Waals surface area contributed by atoms with Gasteiger partial charge in [0.2, 0.25) is 0 Å². The predicted octanol–water partition coefficient (Wildman–Crippen LogP) is 4.29. The highest BCUT2D eigenvalue weighted by atomic mass is 35.5. The predicted molar refractivity (Wildman–Crippen MR) is 122 cm³/mol.